The van der Waals surface area contributed by atoms with Crippen molar-refractivity contribution in [1.29, 1.82) is 0 Å². The third-order valence-corrected chi connectivity index (χ3v) is 4.75. The maximum Gasteiger partial charge on any atom is 0.339 e. The zero-order valence-corrected chi connectivity index (χ0v) is 15.4. The normalized spacial score (nSPS) is 10.7. The highest BCUT2D eigenvalue weighted by atomic mass is 32.1. The molecule has 0 bridgehead atoms. The van der Waals surface area contributed by atoms with E-state index in [4.69, 9.17) is 9.84 Å². The lowest BCUT2D eigenvalue weighted by Crippen LogP contribution is -2.26. The Morgan fingerprint density at radius 3 is 2.64 bits per heavy atom. The van der Waals surface area contributed by atoms with Gasteiger partial charge >= 0.3 is 5.97 Å². The molecule has 7 heteroatoms. The molecule has 1 heterocycles. The molecule has 134 valence electrons. The van der Waals surface area contributed by atoms with Gasteiger partial charge in [-0.25, -0.2) is 4.79 Å². The van der Waals surface area contributed by atoms with E-state index >= 15 is 0 Å². The number of aromatic carboxylic acids is 1. The summed E-state index contributed by atoms with van der Waals surface area (Å²) in [4.78, 5) is 26.9. The van der Waals surface area contributed by atoms with Gasteiger partial charge in [0.1, 0.15) is 11.3 Å². The van der Waals surface area contributed by atoms with Gasteiger partial charge < -0.3 is 20.1 Å². The van der Waals surface area contributed by atoms with Crippen molar-refractivity contribution in [2.24, 2.45) is 0 Å². The number of nitrogens with one attached hydrogen (secondary N) is 1. The van der Waals surface area contributed by atoms with Crippen molar-refractivity contribution in [2.45, 2.75) is 6.42 Å². The molecule has 2 N–H and O–H groups in total. The summed E-state index contributed by atoms with van der Waals surface area (Å²) in [6.07, 6.45) is 0.894. The molecule has 25 heavy (non-hydrogen) atoms. The molecule has 0 radical (unpaired) electrons. The van der Waals surface area contributed by atoms with Crippen LogP contribution in [0.2, 0.25) is 0 Å². The highest BCUT2D eigenvalue weighted by molar-refractivity contribution is 7.17. The molecule has 2 aromatic rings. The lowest BCUT2D eigenvalue weighted by atomic mass is 10.1. The smallest absolute Gasteiger partial charge is 0.339 e. The molecule has 0 aliphatic rings. The molecule has 0 spiro atoms. The molecule has 1 aromatic heterocycles. The predicted molar refractivity (Wildman–Crippen MR) is 98.8 cm³/mol. The van der Waals surface area contributed by atoms with E-state index in [1.54, 1.807) is 18.2 Å². The molecule has 2 rings (SSSR count). The SMILES string of the molecule is COc1cc(-c2ccc(C(=O)NCCCN(C)C)s2)ccc1C(=O)O. The van der Waals surface area contributed by atoms with Crippen molar-refractivity contribution in [3.8, 4) is 16.2 Å². The lowest BCUT2D eigenvalue weighted by molar-refractivity contribution is 0.0693. The van der Waals surface area contributed by atoms with Crippen molar-refractivity contribution in [3.63, 3.8) is 0 Å². The molecule has 1 aromatic carbocycles. The maximum absolute atomic E-state index is 12.2. The molecule has 0 aliphatic heterocycles. The Morgan fingerprint density at radius 2 is 2.00 bits per heavy atom. The van der Waals surface area contributed by atoms with Crippen molar-refractivity contribution in [1.82, 2.24) is 10.2 Å². The number of benzene rings is 1. The second kappa shape index (κ2) is 8.64. The van der Waals surface area contributed by atoms with Gasteiger partial charge in [-0.05, 0) is 56.9 Å². The monoisotopic (exact) mass is 362 g/mol. The van der Waals surface area contributed by atoms with Crippen LogP contribution in [0.4, 0.5) is 0 Å². The maximum atomic E-state index is 12.2. The average molecular weight is 362 g/mol. The number of carbonyl (C=O) groups is 2. The summed E-state index contributed by atoms with van der Waals surface area (Å²) < 4.78 is 5.15. The summed E-state index contributed by atoms with van der Waals surface area (Å²) in [7, 11) is 5.43. The highest BCUT2D eigenvalue weighted by Gasteiger charge is 2.14. The van der Waals surface area contributed by atoms with Crippen LogP contribution in [0.15, 0.2) is 30.3 Å². The second-order valence-electron chi connectivity index (χ2n) is 5.80. The molecule has 0 fully saturated rings. The third kappa shape index (κ3) is 5.04. The van der Waals surface area contributed by atoms with Gasteiger partial charge in [0.15, 0.2) is 0 Å². The number of hydrogen-bond acceptors (Lipinski definition) is 5. The Balaban J connectivity index is 2.08. The predicted octanol–water partition coefficient (Wildman–Crippen LogP) is 2.80. The van der Waals surface area contributed by atoms with Gasteiger partial charge in [0.2, 0.25) is 0 Å². The van der Waals surface area contributed by atoms with Crippen LogP contribution < -0.4 is 10.1 Å². The number of nitrogens with zero attached hydrogens (tertiary/aromatic N) is 1. The minimum Gasteiger partial charge on any atom is -0.496 e. The lowest BCUT2D eigenvalue weighted by Gasteiger charge is -2.09. The number of ether oxygens (including phenoxy) is 1. The number of methoxy groups -OCH3 is 1. The fourth-order valence-corrected chi connectivity index (χ4v) is 3.24. The van der Waals surface area contributed by atoms with Gasteiger partial charge in [0, 0.05) is 11.4 Å². The van der Waals surface area contributed by atoms with Crippen LogP contribution in [0, 0.1) is 0 Å². The minimum absolute atomic E-state index is 0.0934. The molecular weight excluding hydrogens is 340 g/mol. The number of hydrogen-bond donors (Lipinski definition) is 2. The first-order chi connectivity index (χ1) is 11.9. The van der Waals surface area contributed by atoms with Crippen LogP contribution in [0.3, 0.4) is 0 Å². The van der Waals surface area contributed by atoms with Crippen LogP contribution in [-0.2, 0) is 0 Å². The summed E-state index contributed by atoms with van der Waals surface area (Å²) >= 11 is 1.37. The van der Waals surface area contributed by atoms with Crippen LogP contribution in [-0.4, -0.2) is 56.2 Å². The number of rotatable bonds is 8. The van der Waals surface area contributed by atoms with E-state index in [0.717, 1.165) is 23.4 Å². The Kier molecular flexibility index (Phi) is 6.55. The van der Waals surface area contributed by atoms with E-state index in [9.17, 15) is 9.59 Å². The third-order valence-electron chi connectivity index (χ3n) is 3.61. The summed E-state index contributed by atoms with van der Waals surface area (Å²) in [6.45, 7) is 1.55. The number of carbonyl (C=O) groups excluding carboxylic acids is 1. The molecule has 1 amide bonds. The summed E-state index contributed by atoms with van der Waals surface area (Å²) in [6, 6.07) is 8.54. The molecule has 0 atom stereocenters. The van der Waals surface area contributed by atoms with E-state index in [2.05, 4.69) is 10.2 Å². The Hall–Kier alpha value is -2.38. The minimum atomic E-state index is -1.03. The Labute approximate surface area is 151 Å². The highest BCUT2D eigenvalue weighted by Crippen LogP contribution is 2.32. The van der Waals surface area contributed by atoms with E-state index in [0.29, 0.717) is 17.2 Å². The van der Waals surface area contributed by atoms with E-state index in [1.807, 2.05) is 20.2 Å². The largest absolute Gasteiger partial charge is 0.496 e. The number of thiophene rings is 1. The van der Waals surface area contributed by atoms with Crippen molar-refractivity contribution < 1.29 is 19.4 Å². The molecule has 0 saturated heterocycles. The van der Waals surface area contributed by atoms with Crippen molar-refractivity contribution in [3.05, 3.63) is 40.8 Å². The zero-order chi connectivity index (χ0) is 18.4. The summed E-state index contributed by atoms with van der Waals surface area (Å²) in [5.41, 5.74) is 0.931. The molecule has 6 nitrogen and oxygen atoms in total. The first kappa shape index (κ1) is 19.0. The first-order valence-corrected chi connectivity index (χ1v) is 8.68. The first-order valence-electron chi connectivity index (χ1n) is 7.87. The Bertz CT molecular complexity index is 755. The van der Waals surface area contributed by atoms with Gasteiger partial charge in [-0.2, -0.15) is 0 Å². The molecule has 0 unspecified atom stereocenters. The van der Waals surface area contributed by atoms with Gasteiger partial charge in [0.05, 0.1) is 12.0 Å². The average Bonchev–Trinajstić information content (AvgIpc) is 3.07. The van der Waals surface area contributed by atoms with Crippen LogP contribution >= 0.6 is 11.3 Å². The van der Waals surface area contributed by atoms with E-state index in [-0.39, 0.29) is 11.5 Å². The van der Waals surface area contributed by atoms with Crippen LogP contribution in [0.5, 0.6) is 5.75 Å². The van der Waals surface area contributed by atoms with E-state index < -0.39 is 5.97 Å². The fraction of sp³-hybridized carbons (Fsp3) is 0.333. The quantitative estimate of drug-likeness (QED) is 0.706. The van der Waals surface area contributed by atoms with Crippen LogP contribution in [0.25, 0.3) is 10.4 Å². The van der Waals surface area contributed by atoms with Crippen LogP contribution in [0.1, 0.15) is 26.5 Å². The molecule has 0 saturated carbocycles. The summed E-state index contributed by atoms with van der Waals surface area (Å²) in [5.74, 6) is -0.829. The number of amides is 1. The van der Waals surface area contributed by atoms with E-state index in [1.165, 1.54) is 24.5 Å². The van der Waals surface area contributed by atoms with Gasteiger partial charge in [0.25, 0.3) is 5.91 Å². The van der Waals surface area contributed by atoms with Crippen molar-refractivity contribution >= 4 is 23.2 Å². The topological polar surface area (TPSA) is 78.9 Å². The Morgan fingerprint density at radius 1 is 1.24 bits per heavy atom. The fourth-order valence-electron chi connectivity index (χ4n) is 2.32. The number of carboxylic acids is 1. The van der Waals surface area contributed by atoms with Gasteiger partial charge in [-0.3, -0.25) is 4.79 Å². The van der Waals surface area contributed by atoms with Gasteiger partial charge in [-0.1, -0.05) is 6.07 Å². The van der Waals surface area contributed by atoms with Gasteiger partial charge in [-0.15, -0.1) is 11.3 Å². The van der Waals surface area contributed by atoms with Crippen molar-refractivity contribution in [2.75, 3.05) is 34.3 Å². The zero-order valence-electron chi connectivity index (χ0n) is 14.5. The molecule has 0 aliphatic carbocycles. The summed E-state index contributed by atoms with van der Waals surface area (Å²) in [5, 5.41) is 12.0. The molecular formula is C18H22N2O4S. The second-order valence-corrected chi connectivity index (χ2v) is 6.88. The standard InChI is InChI=1S/C18H22N2O4S/c1-20(2)10-4-9-19-17(21)16-8-7-15(25-16)12-5-6-13(18(22)23)14(11-12)24-3/h5-8,11H,4,9-10H2,1-3H3,(H,19,21)(H,22,23). The number of carboxylic acid groups (broad SMARTS) is 1.